The quantitative estimate of drug-likeness (QED) is 0.530. The van der Waals surface area contributed by atoms with Crippen LogP contribution in [0.25, 0.3) is 29.4 Å². The lowest BCUT2D eigenvalue weighted by atomic mass is 9.79. The maximum atomic E-state index is 4.38. The van der Waals surface area contributed by atoms with E-state index in [2.05, 4.69) is 71.8 Å². The fraction of sp³-hybridized carbons (Fsp3) is 0.192. The molecule has 1 aromatic heterocycles. The average molecular weight is 349 g/mol. The van der Waals surface area contributed by atoms with E-state index in [9.17, 15) is 0 Å². The number of aryl methyl sites for hydroxylation is 2. The van der Waals surface area contributed by atoms with Gasteiger partial charge in [0.1, 0.15) is 0 Å². The molecule has 0 amide bonds. The number of aromatic nitrogens is 1. The first-order chi connectivity index (χ1) is 13.3. The van der Waals surface area contributed by atoms with Crippen molar-refractivity contribution in [3.8, 4) is 11.1 Å². The first kappa shape index (κ1) is 16.3. The number of benzene rings is 2. The Morgan fingerprint density at radius 3 is 2.59 bits per heavy atom. The van der Waals surface area contributed by atoms with E-state index in [1.54, 1.807) is 11.1 Å². The second kappa shape index (κ2) is 6.66. The highest BCUT2D eigenvalue weighted by Crippen LogP contribution is 2.38. The summed E-state index contributed by atoms with van der Waals surface area (Å²) in [4.78, 5) is 4.38. The van der Waals surface area contributed by atoms with Crippen molar-refractivity contribution in [3.63, 3.8) is 0 Å². The van der Waals surface area contributed by atoms with E-state index >= 15 is 0 Å². The molecule has 5 rings (SSSR count). The van der Waals surface area contributed by atoms with Gasteiger partial charge in [-0.25, -0.2) is 0 Å². The molecule has 2 aliphatic rings. The lowest BCUT2D eigenvalue weighted by molar-refractivity contribution is 0.887. The van der Waals surface area contributed by atoms with Crippen LogP contribution in [0.4, 0.5) is 0 Å². The Kier molecular flexibility index (Phi) is 4.01. The molecule has 0 spiro atoms. The molecule has 1 heterocycles. The lowest BCUT2D eigenvalue weighted by Gasteiger charge is -2.25. The highest BCUT2D eigenvalue weighted by atomic mass is 14.6. The van der Waals surface area contributed by atoms with Gasteiger partial charge in [0.05, 0.1) is 0 Å². The Hall–Kier alpha value is -2.93. The van der Waals surface area contributed by atoms with Gasteiger partial charge in [-0.3, -0.25) is 4.98 Å². The highest BCUT2D eigenvalue weighted by molar-refractivity contribution is 5.80. The first-order valence-electron chi connectivity index (χ1n) is 9.83. The minimum atomic E-state index is 1.05. The summed E-state index contributed by atoms with van der Waals surface area (Å²) in [5, 5.41) is 0. The van der Waals surface area contributed by atoms with E-state index < -0.39 is 0 Å². The Labute approximate surface area is 161 Å². The normalized spacial score (nSPS) is 14.7. The van der Waals surface area contributed by atoms with Crippen LogP contribution in [0.1, 0.15) is 45.5 Å². The van der Waals surface area contributed by atoms with Gasteiger partial charge in [0.25, 0.3) is 0 Å². The van der Waals surface area contributed by atoms with Crippen molar-refractivity contribution < 1.29 is 0 Å². The second-order valence-electron chi connectivity index (χ2n) is 7.58. The van der Waals surface area contributed by atoms with Crippen LogP contribution in [0.5, 0.6) is 0 Å². The molecule has 0 fully saturated rings. The largest absolute Gasteiger partial charge is 0.261 e. The smallest absolute Gasteiger partial charge is 0.0373 e. The Morgan fingerprint density at radius 1 is 0.815 bits per heavy atom. The molecular weight excluding hydrogens is 326 g/mol. The minimum absolute atomic E-state index is 1.05. The van der Waals surface area contributed by atoms with Crippen molar-refractivity contribution >= 4 is 18.2 Å². The molecule has 132 valence electrons. The summed E-state index contributed by atoms with van der Waals surface area (Å²) < 4.78 is 0. The summed E-state index contributed by atoms with van der Waals surface area (Å²) in [5.41, 5.74) is 12.3. The average Bonchev–Trinajstić information content (AvgIpc) is 2.72. The van der Waals surface area contributed by atoms with E-state index in [1.165, 1.54) is 47.1 Å². The third-order valence-corrected chi connectivity index (χ3v) is 5.80. The molecular formula is C26H23N. The second-order valence-corrected chi connectivity index (χ2v) is 7.58. The fourth-order valence-corrected chi connectivity index (χ4v) is 4.33. The molecule has 2 aromatic carbocycles. The zero-order valence-corrected chi connectivity index (χ0v) is 15.7. The molecule has 0 aliphatic heterocycles. The van der Waals surface area contributed by atoms with Gasteiger partial charge in [0.2, 0.25) is 0 Å². The third kappa shape index (κ3) is 3.04. The summed E-state index contributed by atoms with van der Waals surface area (Å²) in [6.45, 7) is 2.02. The zero-order valence-electron chi connectivity index (χ0n) is 15.7. The standard InChI is InChI=1S/C26H23N/c1-18-6-7-20(17-27-18)9-8-19-10-11-22-13-14-24-23-5-3-2-4-21(23)12-15-25(24)26(22)16-19/h2,4,6-12,15-17H,3,5,13-14H2,1H3/b9-8+. The number of fused-ring (bicyclic) bond motifs is 5. The monoisotopic (exact) mass is 349 g/mol. The third-order valence-electron chi connectivity index (χ3n) is 5.80. The summed E-state index contributed by atoms with van der Waals surface area (Å²) in [5.74, 6) is 0. The predicted molar refractivity (Wildman–Crippen MR) is 115 cm³/mol. The van der Waals surface area contributed by atoms with Crippen molar-refractivity contribution in [1.82, 2.24) is 4.98 Å². The molecule has 0 bridgehead atoms. The molecule has 0 atom stereocenters. The Bertz CT molecular complexity index is 1070. The molecule has 27 heavy (non-hydrogen) atoms. The fourth-order valence-electron chi connectivity index (χ4n) is 4.33. The Balaban J connectivity index is 1.53. The zero-order chi connectivity index (χ0) is 18.2. The number of allylic oxidation sites excluding steroid dienone is 1. The first-order valence-corrected chi connectivity index (χ1v) is 9.83. The molecule has 0 radical (unpaired) electrons. The van der Waals surface area contributed by atoms with E-state index in [0.29, 0.717) is 0 Å². The van der Waals surface area contributed by atoms with Crippen LogP contribution < -0.4 is 0 Å². The molecule has 1 heteroatoms. The molecule has 0 unspecified atom stereocenters. The van der Waals surface area contributed by atoms with E-state index in [4.69, 9.17) is 0 Å². The topological polar surface area (TPSA) is 12.9 Å². The number of hydrogen-bond donors (Lipinski definition) is 0. The van der Waals surface area contributed by atoms with Gasteiger partial charge in [-0.1, -0.05) is 54.6 Å². The van der Waals surface area contributed by atoms with Gasteiger partial charge < -0.3 is 0 Å². The molecule has 3 aromatic rings. The van der Waals surface area contributed by atoms with Crippen molar-refractivity contribution in [2.75, 3.05) is 0 Å². The van der Waals surface area contributed by atoms with Crippen LogP contribution in [0.15, 0.2) is 54.7 Å². The van der Waals surface area contributed by atoms with Gasteiger partial charge >= 0.3 is 0 Å². The summed E-state index contributed by atoms with van der Waals surface area (Å²) in [7, 11) is 0. The Morgan fingerprint density at radius 2 is 1.70 bits per heavy atom. The number of rotatable bonds is 2. The number of hydrogen-bond acceptors (Lipinski definition) is 1. The maximum absolute atomic E-state index is 4.38. The lowest BCUT2D eigenvalue weighted by Crippen LogP contribution is -2.09. The van der Waals surface area contributed by atoms with Crippen LogP contribution in [0.3, 0.4) is 0 Å². The van der Waals surface area contributed by atoms with Crippen LogP contribution >= 0.6 is 0 Å². The molecule has 2 aliphatic carbocycles. The van der Waals surface area contributed by atoms with E-state index in [0.717, 1.165) is 17.7 Å². The van der Waals surface area contributed by atoms with Gasteiger partial charge in [-0.05, 0) is 89.2 Å². The number of pyridine rings is 1. The van der Waals surface area contributed by atoms with Crippen molar-refractivity contribution in [2.45, 2.75) is 32.6 Å². The van der Waals surface area contributed by atoms with Gasteiger partial charge in [0.15, 0.2) is 0 Å². The van der Waals surface area contributed by atoms with Crippen LogP contribution in [-0.4, -0.2) is 4.98 Å². The highest BCUT2D eigenvalue weighted by Gasteiger charge is 2.21. The molecule has 1 nitrogen and oxygen atoms in total. The molecule has 0 saturated heterocycles. The predicted octanol–water partition coefficient (Wildman–Crippen LogP) is 6.29. The molecule has 0 N–H and O–H groups in total. The van der Waals surface area contributed by atoms with Gasteiger partial charge in [0, 0.05) is 11.9 Å². The van der Waals surface area contributed by atoms with E-state index in [-0.39, 0.29) is 0 Å². The van der Waals surface area contributed by atoms with Gasteiger partial charge in [-0.15, -0.1) is 0 Å². The van der Waals surface area contributed by atoms with Crippen LogP contribution in [-0.2, 0) is 19.3 Å². The van der Waals surface area contributed by atoms with Crippen LogP contribution in [0.2, 0.25) is 0 Å². The van der Waals surface area contributed by atoms with E-state index in [1.807, 2.05) is 13.1 Å². The van der Waals surface area contributed by atoms with Crippen molar-refractivity contribution in [3.05, 3.63) is 93.8 Å². The summed E-state index contributed by atoms with van der Waals surface area (Å²) in [6, 6.07) is 15.7. The number of nitrogens with zero attached hydrogens (tertiary/aromatic N) is 1. The summed E-state index contributed by atoms with van der Waals surface area (Å²) >= 11 is 0. The SMILES string of the molecule is Cc1ccc(/C=C/c2ccc3c(c2)-c2ccc4c(c2CC3)CCC=C4)cn1. The van der Waals surface area contributed by atoms with Gasteiger partial charge in [-0.2, -0.15) is 0 Å². The van der Waals surface area contributed by atoms with Crippen molar-refractivity contribution in [2.24, 2.45) is 0 Å². The van der Waals surface area contributed by atoms with Crippen LogP contribution in [0, 0.1) is 6.92 Å². The van der Waals surface area contributed by atoms with Crippen molar-refractivity contribution in [1.29, 1.82) is 0 Å². The molecule has 0 saturated carbocycles. The summed E-state index contributed by atoms with van der Waals surface area (Å²) in [6.07, 6.45) is 15.5. The maximum Gasteiger partial charge on any atom is 0.0373 e. The minimum Gasteiger partial charge on any atom is -0.261 e.